The van der Waals surface area contributed by atoms with Crippen LogP contribution in [0.4, 0.5) is 0 Å². The number of esters is 1. The van der Waals surface area contributed by atoms with Crippen LogP contribution in [-0.4, -0.2) is 23.3 Å². The molecule has 0 unspecified atom stereocenters. The molecule has 10 atom stereocenters. The normalized spacial score (nSPS) is 33.5. The van der Waals surface area contributed by atoms with Gasteiger partial charge < -0.3 is 9.84 Å². The van der Waals surface area contributed by atoms with Gasteiger partial charge in [-0.1, -0.05) is 136 Å². The van der Waals surface area contributed by atoms with Crippen molar-refractivity contribution in [2.75, 3.05) is 0 Å². The van der Waals surface area contributed by atoms with Gasteiger partial charge in [-0.15, -0.1) is 0 Å². The Kier molecular flexibility index (Phi) is 17.0. The molecule has 4 aliphatic carbocycles. The van der Waals surface area contributed by atoms with Crippen molar-refractivity contribution in [2.24, 2.45) is 52.3 Å². The molecule has 3 saturated carbocycles. The Morgan fingerprint density at radius 1 is 0.840 bits per heavy atom. The monoisotopic (exact) mass is 695 g/mol. The van der Waals surface area contributed by atoms with E-state index in [1.165, 1.54) is 121 Å². The molecule has 0 bridgehead atoms. The van der Waals surface area contributed by atoms with Gasteiger partial charge in [0.25, 0.3) is 0 Å². The van der Waals surface area contributed by atoms with E-state index in [-0.39, 0.29) is 23.6 Å². The molecule has 0 aromatic rings. The van der Waals surface area contributed by atoms with Crippen LogP contribution in [0.2, 0.25) is 0 Å². The van der Waals surface area contributed by atoms with E-state index >= 15 is 0 Å². The maximum absolute atomic E-state index is 12.9. The Labute approximate surface area is 310 Å². The van der Waals surface area contributed by atoms with E-state index in [1.807, 2.05) is 0 Å². The van der Waals surface area contributed by atoms with E-state index in [0.29, 0.717) is 29.6 Å². The summed E-state index contributed by atoms with van der Waals surface area (Å²) < 4.78 is 6.09. The molecular formula is C47H82O3. The average molecular weight is 695 g/mol. The summed E-state index contributed by atoms with van der Waals surface area (Å²) >= 11 is 0. The Morgan fingerprint density at radius 2 is 1.50 bits per heavy atom. The molecular weight excluding hydrogens is 613 g/mol. The van der Waals surface area contributed by atoms with Crippen LogP contribution in [0.1, 0.15) is 203 Å². The van der Waals surface area contributed by atoms with Gasteiger partial charge in [0.1, 0.15) is 6.10 Å². The largest absolute Gasteiger partial charge is 0.462 e. The van der Waals surface area contributed by atoms with Gasteiger partial charge in [0, 0.05) is 12.8 Å². The fraction of sp³-hybridized carbons (Fsp3) is 0.894. The quantitative estimate of drug-likeness (QED) is 0.0697. The number of ether oxygens (including phenoxy) is 1. The highest BCUT2D eigenvalue weighted by atomic mass is 16.5. The van der Waals surface area contributed by atoms with Crippen LogP contribution in [0, 0.1) is 52.3 Å². The summed E-state index contributed by atoms with van der Waals surface area (Å²) in [5.74, 6) is 4.76. The molecule has 3 fully saturated rings. The van der Waals surface area contributed by atoms with Gasteiger partial charge in [-0.2, -0.15) is 0 Å². The molecule has 4 rings (SSSR count). The fourth-order valence-corrected chi connectivity index (χ4v) is 12.0. The van der Waals surface area contributed by atoms with Gasteiger partial charge in [0.2, 0.25) is 0 Å². The minimum atomic E-state index is -0.350. The summed E-state index contributed by atoms with van der Waals surface area (Å²) in [5, 5.41) is 11.8. The smallest absolute Gasteiger partial charge is 0.306 e. The number of aliphatic hydroxyl groups is 1. The number of fused-ring (bicyclic) bond motifs is 5. The number of hydrogen-bond donors (Lipinski definition) is 1. The maximum atomic E-state index is 12.9. The highest BCUT2D eigenvalue weighted by molar-refractivity contribution is 5.69. The van der Waals surface area contributed by atoms with Crippen molar-refractivity contribution in [3.63, 3.8) is 0 Å². The number of allylic oxidation sites excluding steroid dienone is 2. The standard InChI is InChI=1S/C47H82O3/c1-8-10-11-12-13-14-15-16-17-18-19-20-21-22-23-24-44(49)50-39-29-31-46(6)38(33-39)34-43(48)45-41-28-27-40(47(41,7)32-30-42(45)46)36(5)25-26-37(9-2)35(3)4/h16-17,34-37,39-43,45,48H,8-15,18-33H2,1-7H3/b17-16-/t36-,37-,39+,40-,41+,42+,43+,45+,46+,47-/m1/s1. The van der Waals surface area contributed by atoms with Crippen LogP contribution in [0.15, 0.2) is 23.8 Å². The van der Waals surface area contributed by atoms with Crippen LogP contribution in [0.5, 0.6) is 0 Å². The number of aliphatic hydroxyl groups excluding tert-OH is 1. The highest BCUT2D eigenvalue weighted by Gasteiger charge is 2.61. The van der Waals surface area contributed by atoms with E-state index in [4.69, 9.17) is 4.74 Å². The van der Waals surface area contributed by atoms with Crippen LogP contribution >= 0.6 is 0 Å². The lowest BCUT2D eigenvalue weighted by Gasteiger charge is -2.59. The third-order valence-corrected chi connectivity index (χ3v) is 15.2. The van der Waals surface area contributed by atoms with Gasteiger partial charge in [0.05, 0.1) is 6.10 Å². The molecule has 4 aliphatic rings. The zero-order valence-corrected chi connectivity index (χ0v) is 34.2. The van der Waals surface area contributed by atoms with E-state index < -0.39 is 0 Å². The zero-order valence-electron chi connectivity index (χ0n) is 34.2. The van der Waals surface area contributed by atoms with Crippen molar-refractivity contribution >= 4 is 5.97 Å². The van der Waals surface area contributed by atoms with E-state index in [9.17, 15) is 9.90 Å². The SMILES string of the molecule is CCCCCCCC/C=C\CCCCCCCC(=O)O[C@H]1CC[C@@]2(C)C(=C[C@H](O)[C@H]3[C@@H]4CC[C@H]([C@H](C)CC[C@@H](CC)C(C)C)[C@@]4(C)CC[C@@H]32)C1. The van der Waals surface area contributed by atoms with Crippen molar-refractivity contribution in [3.8, 4) is 0 Å². The van der Waals surface area contributed by atoms with E-state index in [0.717, 1.165) is 55.8 Å². The lowest BCUT2D eigenvalue weighted by Crippen LogP contribution is -2.55. The van der Waals surface area contributed by atoms with Crippen molar-refractivity contribution < 1.29 is 14.6 Å². The van der Waals surface area contributed by atoms with Crippen LogP contribution < -0.4 is 0 Å². The Morgan fingerprint density at radius 3 is 2.16 bits per heavy atom. The first-order valence-electron chi connectivity index (χ1n) is 22.3. The van der Waals surface area contributed by atoms with E-state index in [1.54, 1.807) is 0 Å². The Hall–Kier alpha value is -1.09. The Bertz CT molecular complexity index is 1060. The number of unbranched alkanes of at least 4 members (excludes halogenated alkanes) is 11. The molecule has 1 N–H and O–H groups in total. The summed E-state index contributed by atoms with van der Waals surface area (Å²) in [6.07, 6.45) is 35.8. The minimum absolute atomic E-state index is 0.00994. The molecule has 3 nitrogen and oxygen atoms in total. The van der Waals surface area contributed by atoms with Crippen LogP contribution in [-0.2, 0) is 9.53 Å². The number of rotatable bonds is 22. The van der Waals surface area contributed by atoms with Gasteiger partial charge in [-0.25, -0.2) is 0 Å². The molecule has 0 amide bonds. The van der Waals surface area contributed by atoms with Gasteiger partial charge >= 0.3 is 5.97 Å². The second kappa shape index (κ2) is 20.4. The van der Waals surface area contributed by atoms with Crippen LogP contribution in [0.3, 0.4) is 0 Å². The van der Waals surface area contributed by atoms with Gasteiger partial charge in [-0.3, -0.25) is 4.79 Å². The average Bonchev–Trinajstić information content (AvgIpc) is 3.44. The Balaban J connectivity index is 1.17. The second-order valence-corrected chi connectivity index (χ2v) is 18.8. The maximum Gasteiger partial charge on any atom is 0.306 e. The summed E-state index contributed by atoms with van der Waals surface area (Å²) in [7, 11) is 0. The molecule has 0 aromatic heterocycles. The molecule has 0 radical (unpaired) electrons. The predicted octanol–water partition coefficient (Wildman–Crippen LogP) is 13.6. The number of carbonyl (C=O) groups excluding carboxylic acids is 1. The van der Waals surface area contributed by atoms with Crippen molar-refractivity contribution in [2.45, 2.75) is 215 Å². The third-order valence-electron chi connectivity index (χ3n) is 15.2. The second-order valence-electron chi connectivity index (χ2n) is 18.8. The molecule has 50 heavy (non-hydrogen) atoms. The molecule has 3 heteroatoms. The lowest BCUT2D eigenvalue weighted by atomic mass is 9.46. The summed E-state index contributed by atoms with van der Waals surface area (Å²) in [6, 6.07) is 0. The minimum Gasteiger partial charge on any atom is -0.462 e. The summed E-state index contributed by atoms with van der Waals surface area (Å²) in [4.78, 5) is 12.9. The molecule has 0 aromatic carbocycles. The predicted molar refractivity (Wildman–Crippen MR) is 213 cm³/mol. The van der Waals surface area contributed by atoms with Crippen molar-refractivity contribution in [1.29, 1.82) is 0 Å². The first-order valence-corrected chi connectivity index (χ1v) is 22.3. The first kappa shape index (κ1) is 41.7. The molecule has 0 aliphatic heterocycles. The lowest BCUT2D eigenvalue weighted by molar-refractivity contribution is -0.152. The van der Waals surface area contributed by atoms with Crippen molar-refractivity contribution in [1.82, 2.24) is 0 Å². The third kappa shape index (κ3) is 10.7. The van der Waals surface area contributed by atoms with E-state index in [2.05, 4.69) is 66.7 Å². The molecule has 0 spiro atoms. The fourth-order valence-electron chi connectivity index (χ4n) is 12.0. The molecule has 0 heterocycles. The molecule has 288 valence electrons. The van der Waals surface area contributed by atoms with Gasteiger partial charge in [0.15, 0.2) is 0 Å². The zero-order chi connectivity index (χ0) is 36.1. The number of hydrogen-bond acceptors (Lipinski definition) is 3. The first-order chi connectivity index (χ1) is 24.0. The highest BCUT2D eigenvalue weighted by Crippen LogP contribution is 2.67. The summed E-state index contributed by atoms with van der Waals surface area (Å²) in [6.45, 7) is 17.1. The molecule has 0 saturated heterocycles. The van der Waals surface area contributed by atoms with Gasteiger partial charge in [-0.05, 0) is 129 Å². The topological polar surface area (TPSA) is 46.5 Å². The summed E-state index contributed by atoms with van der Waals surface area (Å²) in [5.41, 5.74) is 1.90. The van der Waals surface area contributed by atoms with Crippen molar-refractivity contribution in [3.05, 3.63) is 23.8 Å². The van der Waals surface area contributed by atoms with Crippen LogP contribution in [0.25, 0.3) is 0 Å². The number of carbonyl (C=O) groups is 1.